The molecule has 1 saturated carbocycles. The number of carbonyl (C=O) groups excluding carboxylic acids is 1. The van der Waals surface area contributed by atoms with Crippen LogP contribution < -0.4 is 0 Å². The van der Waals surface area contributed by atoms with E-state index in [-0.39, 0.29) is 5.92 Å². The van der Waals surface area contributed by atoms with Crippen LogP contribution in [0, 0.1) is 5.92 Å². The van der Waals surface area contributed by atoms with Crippen molar-refractivity contribution in [3.05, 3.63) is 30.1 Å². The van der Waals surface area contributed by atoms with Gasteiger partial charge in [-0.25, -0.2) is 0 Å². The van der Waals surface area contributed by atoms with E-state index in [0.717, 1.165) is 31.4 Å². The molecule has 0 bridgehead atoms. The highest BCUT2D eigenvalue weighted by Crippen LogP contribution is 2.27. The van der Waals surface area contributed by atoms with Gasteiger partial charge in [-0.3, -0.25) is 9.78 Å². The van der Waals surface area contributed by atoms with E-state index >= 15 is 0 Å². The summed E-state index contributed by atoms with van der Waals surface area (Å²) in [6.45, 7) is 2.15. The molecule has 0 N–H and O–H groups in total. The first-order valence-electron chi connectivity index (χ1n) is 7.48. The third kappa shape index (κ3) is 4.30. The van der Waals surface area contributed by atoms with Gasteiger partial charge in [0.15, 0.2) is 0 Å². The number of pyridine rings is 1. The summed E-state index contributed by atoms with van der Waals surface area (Å²) >= 11 is 0. The summed E-state index contributed by atoms with van der Waals surface area (Å²) in [5.41, 5.74) is 1.14. The number of hydrogen-bond acceptors (Lipinski definition) is 3. The lowest BCUT2D eigenvalue weighted by molar-refractivity contribution is -0.136. The molecule has 0 atom stereocenters. The predicted molar refractivity (Wildman–Crippen MR) is 78.1 cm³/mol. The Kier molecular flexibility index (Phi) is 5.99. The van der Waals surface area contributed by atoms with Crippen molar-refractivity contribution in [2.24, 2.45) is 5.92 Å². The number of amides is 1. The lowest BCUT2D eigenvalue weighted by Gasteiger charge is -2.25. The molecule has 0 aromatic carbocycles. The Hall–Kier alpha value is -1.42. The molecule has 20 heavy (non-hydrogen) atoms. The Balaban J connectivity index is 1.97. The van der Waals surface area contributed by atoms with Crippen molar-refractivity contribution in [3.8, 4) is 0 Å². The average molecular weight is 276 g/mol. The fourth-order valence-electron chi connectivity index (χ4n) is 2.81. The second-order valence-electron chi connectivity index (χ2n) is 5.44. The van der Waals surface area contributed by atoms with Crippen LogP contribution in [0.1, 0.15) is 37.7 Å². The van der Waals surface area contributed by atoms with Crippen molar-refractivity contribution >= 4 is 5.91 Å². The van der Waals surface area contributed by atoms with Crippen LogP contribution in [0.5, 0.6) is 0 Å². The summed E-state index contributed by atoms with van der Waals surface area (Å²) in [6.07, 6.45) is 8.94. The minimum atomic E-state index is 0.236. The first-order valence-corrected chi connectivity index (χ1v) is 7.48. The maximum atomic E-state index is 12.6. The number of carbonyl (C=O) groups is 1. The van der Waals surface area contributed by atoms with E-state index in [0.29, 0.717) is 19.1 Å². The average Bonchev–Trinajstić information content (AvgIpc) is 3.01. The molecule has 4 nitrogen and oxygen atoms in total. The van der Waals surface area contributed by atoms with E-state index in [1.165, 1.54) is 12.8 Å². The molecule has 2 rings (SSSR count). The number of nitrogens with zero attached hydrogens (tertiary/aromatic N) is 2. The number of aromatic nitrogens is 1. The van der Waals surface area contributed by atoms with Gasteiger partial charge in [-0.2, -0.15) is 0 Å². The summed E-state index contributed by atoms with van der Waals surface area (Å²) in [7, 11) is 1.70. The molecular weight excluding hydrogens is 252 g/mol. The second kappa shape index (κ2) is 8.00. The van der Waals surface area contributed by atoms with Crippen LogP contribution in [0.3, 0.4) is 0 Å². The lowest BCUT2D eigenvalue weighted by Crippen LogP contribution is -2.36. The van der Waals surface area contributed by atoms with Crippen LogP contribution in [0.2, 0.25) is 0 Å². The van der Waals surface area contributed by atoms with E-state index in [9.17, 15) is 4.79 Å². The fourth-order valence-corrected chi connectivity index (χ4v) is 2.81. The first kappa shape index (κ1) is 15.0. The Labute approximate surface area is 121 Å². The van der Waals surface area contributed by atoms with Crippen LogP contribution in [0.4, 0.5) is 0 Å². The molecule has 0 saturated heterocycles. The van der Waals surface area contributed by atoms with E-state index in [4.69, 9.17) is 4.74 Å². The van der Waals surface area contributed by atoms with Gasteiger partial charge in [0.05, 0.1) is 0 Å². The second-order valence-corrected chi connectivity index (χ2v) is 5.44. The van der Waals surface area contributed by atoms with Crippen molar-refractivity contribution in [2.45, 2.75) is 38.6 Å². The van der Waals surface area contributed by atoms with E-state index in [1.54, 1.807) is 19.5 Å². The van der Waals surface area contributed by atoms with Crippen molar-refractivity contribution in [1.29, 1.82) is 0 Å². The van der Waals surface area contributed by atoms with Gasteiger partial charge in [0.2, 0.25) is 5.91 Å². The highest BCUT2D eigenvalue weighted by Gasteiger charge is 2.27. The summed E-state index contributed by atoms with van der Waals surface area (Å²) in [4.78, 5) is 18.6. The Morgan fingerprint density at radius 3 is 2.70 bits per heavy atom. The Morgan fingerprint density at radius 2 is 2.05 bits per heavy atom. The summed E-state index contributed by atoms with van der Waals surface area (Å²) in [6, 6.07) is 3.95. The molecule has 1 amide bonds. The highest BCUT2D eigenvalue weighted by atomic mass is 16.5. The molecule has 1 heterocycles. The highest BCUT2D eigenvalue weighted by molar-refractivity contribution is 5.79. The van der Waals surface area contributed by atoms with Crippen LogP contribution in [0.15, 0.2) is 24.5 Å². The van der Waals surface area contributed by atoms with Gasteiger partial charge in [0.1, 0.15) is 0 Å². The third-order valence-corrected chi connectivity index (χ3v) is 3.92. The maximum Gasteiger partial charge on any atom is 0.225 e. The van der Waals surface area contributed by atoms with Crippen molar-refractivity contribution in [2.75, 3.05) is 20.3 Å². The van der Waals surface area contributed by atoms with Gasteiger partial charge >= 0.3 is 0 Å². The SMILES string of the molecule is COCCCN(Cc1ccncc1)C(=O)C1CCCC1. The molecule has 0 radical (unpaired) electrons. The maximum absolute atomic E-state index is 12.6. The van der Waals surface area contributed by atoms with Gasteiger partial charge in [0, 0.05) is 45.1 Å². The zero-order valence-corrected chi connectivity index (χ0v) is 12.3. The Bertz CT molecular complexity index is 402. The van der Waals surface area contributed by atoms with E-state index in [2.05, 4.69) is 4.98 Å². The topological polar surface area (TPSA) is 42.4 Å². The summed E-state index contributed by atoms with van der Waals surface area (Å²) in [5.74, 6) is 0.551. The van der Waals surface area contributed by atoms with Gasteiger partial charge in [-0.15, -0.1) is 0 Å². The van der Waals surface area contributed by atoms with Crippen LogP contribution in [0.25, 0.3) is 0 Å². The lowest BCUT2D eigenvalue weighted by atomic mass is 10.1. The predicted octanol–water partition coefficient (Wildman–Crippen LogP) is 2.64. The number of ether oxygens (including phenoxy) is 1. The molecule has 0 unspecified atom stereocenters. The molecule has 0 aliphatic heterocycles. The van der Waals surface area contributed by atoms with Crippen molar-refractivity contribution in [3.63, 3.8) is 0 Å². The molecule has 1 aliphatic carbocycles. The zero-order valence-electron chi connectivity index (χ0n) is 12.3. The molecule has 1 aliphatic rings. The van der Waals surface area contributed by atoms with Gasteiger partial charge in [-0.1, -0.05) is 12.8 Å². The number of methoxy groups -OCH3 is 1. The first-order chi connectivity index (χ1) is 9.81. The van der Waals surface area contributed by atoms with E-state index in [1.807, 2.05) is 17.0 Å². The third-order valence-electron chi connectivity index (χ3n) is 3.92. The molecule has 110 valence electrons. The van der Waals surface area contributed by atoms with Crippen LogP contribution in [-0.4, -0.2) is 36.1 Å². The van der Waals surface area contributed by atoms with Crippen LogP contribution >= 0.6 is 0 Å². The van der Waals surface area contributed by atoms with Crippen molar-refractivity contribution < 1.29 is 9.53 Å². The van der Waals surface area contributed by atoms with Gasteiger partial charge in [-0.05, 0) is 37.0 Å². The standard InChI is InChI=1S/C16H24N2O2/c1-20-12-4-11-18(13-14-7-9-17-10-8-14)16(19)15-5-2-3-6-15/h7-10,15H,2-6,11-13H2,1H3. The monoisotopic (exact) mass is 276 g/mol. The fraction of sp³-hybridized carbons (Fsp3) is 0.625. The minimum absolute atomic E-state index is 0.236. The van der Waals surface area contributed by atoms with Gasteiger partial charge < -0.3 is 9.64 Å². The van der Waals surface area contributed by atoms with Crippen LogP contribution in [-0.2, 0) is 16.1 Å². The molecule has 1 aromatic heterocycles. The summed E-state index contributed by atoms with van der Waals surface area (Å²) < 4.78 is 5.10. The van der Waals surface area contributed by atoms with E-state index < -0.39 is 0 Å². The number of rotatable bonds is 7. The smallest absolute Gasteiger partial charge is 0.225 e. The summed E-state index contributed by atoms with van der Waals surface area (Å²) in [5, 5.41) is 0. The molecular formula is C16H24N2O2. The quantitative estimate of drug-likeness (QED) is 0.719. The molecule has 4 heteroatoms. The number of hydrogen-bond donors (Lipinski definition) is 0. The normalized spacial score (nSPS) is 15.4. The zero-order chi connectivity index (χ0) is 14.2. The largest absolute Gasteiger partial charge is 0.385 e. The van der Waals surface area contributed by atoms with Gasteiger partial charge in [0.25, 0.3) is 0 Å². The molecule has 1 aromatic rings. The molecule has 0 spiro atoms. The Morgan fingerprint density at radius 1 is 1.35 bits per heavy atom. The molecule has 1 fully saturated rings. The minimum Gasteiger partial charge on any atom is -0.385 e. The van der Waals surface area contributed by atoms with Crippen molar-refractivity contribution in [1.82, 2.24) is 9.88 Å².